The number of methoxy groups -OCH3 is 1. The molecule has 5 nitrogen and oxygen atoms in total. The number of hydrogen-bond acceptors (Lipinski definition) is 6. The zero-order valence-corrected chi connectivity index (χ0v) is 11.1. The molecule has 1 aromatic heterocycles. The normalized spacial score (nSPS) is 19.1. The molecule has 2 heterocycles. The van der Waals surface area contributed by atoms with E-state index in [9.17, 15) is 4.79 Å². The summed E-state index contributed by atoms with van der Waals surface area (Å²) in [4.78, 5) is 17.8. The average molecular weight is 255 g/mol. The van der Waals surface area contributed by atoms with E-state index in [1.807, 2.05) is 0 Å². The second-order valence-corrected chi connectivity index (χ2v) is 5.58. The van der Waals surface area contributed by atoms with E-state index in [0.717, 1.165) is 24.8 Å². The zero-order valence-electron chi connectivity index (χ0n) is 10.3. The first kappa shape index (κ1) is 12.3. The highest BCUT2D eigenvalue weighted by atomic mass is 32.1. The maximum absolute atomic E-state index is 11.3. The quantitative estimate of drug-likeness (QED) is 0.803. The number of anilines is 1. The summed E-state index contributed by atoms with van der Waals surface area (Å²) in [6.07, 6.45) is 0. The fourth-order valence-corrected chi connectivity index (χ4v) is 2.73. The maximum atomic E-state index is 11.3. The van der Waals surface area contributed by atoms with Gasteiger partial charge in [-0.15, -0.1) is 11.3 Å². The second kappa shape index (κ2) is 4.62. The van der Waals surface area contributed by atoms with Crippen molar-refractivity contribution in [1.82, 2.24) is 10.3 Å². The van der Waals surface area contributed by atoms with Gasteiger partial charge in [0.2, 0.25) is 0 Å². The summed E-state index contributed by atoms with van der Waals surface area (Å²) in [6, 6.07) is 0. The van der Waals surface area contributed by atoms with Crippen LogP contribution in [0.2, 0.25) is 0 Å². The van der Waals surface area contributed by atoms with Gasteiger partial charge in [0.25, 0.3) is 0 Å². The lowest BCUT2D eigenvalue weighted by Gasteiger charge is -2.38. The van der Waals surface area contributed by atoms with E-state index in [1.165, 1.54) is 18.4 Å². The van der Waals surface area contributed by atoms with Crippen molar-refractivity contribution in [1.29, 1.82) is 0 Å². The molecule has 0 aliphatic carbocycles. The topological polar surface area (TPSA) is 54.5 Å². The predicted octanol–water partition coefficient (Wildman–Crippen LogP) is 1.12. The Morgan fingerprint density at radius 1 is 1.65 bits per heavy atom. The smallest absolute Gasteiger partial charge is 0.357 e. The van der Waals surface area contributed by atoms with Gasteiger partial charge in [0.15, 0.2) is 10.8 Å². The number of aromatic nitrogens is 1. The standard InChI is InChI=1S/C11H17N3O2S/c1-11(2)7-14(5-4-12-11)10-13-8(6-17-10)9(15)16-3/h6,12H,4-5,7H2,1-3H3. The number of thiazole rings is 1. The summed E-state index contributed by atoms with van der Waals surface area (Å²) in [7, 11) is 1.37. The third-order valence-corrected chi connectivity index (χ3v) is 3.63. The molecule has 17 heavy (non-hydrogen) atoms. The Balaban J connectivity index is 2.12. The van der Waals surface area contributed by atoms with Crippen LogP contribution in [0.4, 0.5) is 5.13 Å². The number of nitrogens with zero attached hydrogens (tertiary/aromatic N) is 2. The van der Waals surface area contributed by atoms with Crippen LogP contribution in [0.15, 0.2) is 5.38 Å². The summed E-state index contributed by atoms with van der Waals surface area (Å²) in [5.74, 6) is -0.373. The number of piperazine rings is 1. The van der Waals surface area contributed by atoms with Gasteiger partial charge in [0.05, 0.1) is 7.11 Å². The van der Waals surface area contributed by atoms with Crippen LogP contribution in [0.3, 0.4) is 0 Å². The zero-order chi connectivity index (χ0) is 12.5. The van der Waals surface area contributed by atoms with Crippen LogP contribution in [0.25, 0.3) is 0 Å². The Bertz CT molecular complexity index is 417. The Morgan fingerprint density at radius 3 is 3.06 bits per heavy atom. The molecule has 1 aliphatic rings. The van der Waals surface area contributed by atoms with Crippen LogP contribution in [-0.4, -0.2) is 43.2 Å². The van der Waals surface area contributed by atoms with Gasteiger partial charge in [0.1, 0.15) is 0 Å². The summed E-state index contributed by atoms with van der Waals surface area (Å²) in [6.45, 7) is 7.06. The van der Waals surface area contributed by atoms with Crippen molar-refractivity contribution in [2.45, 2.75) is 19.4 Å². The molecule has 0 radical (unpaired) electrons. The molecule has 1 fully saturated rings. The molecule has 0 atom stereocenters. The maximum Gasteiger partial charge on any atom is 0.357 e. The van der Waals surface area contributed by atoms with Crippen LogP contribution >= 0.6 is 11.3 Å². The third kappa shape index (κ3) is 2.76. The van der Waals surface area contributed by atoms with Crippen LogP contribution in [0, 0.1) is 0 Å². The van der Waals surface area contributed by atoms with Gasteiger partial charge in [-0.2, -0.15) is 0 Å². The molecular formula is C11H17N3O2S. The molecular weight excluding hydrogens is 238 g/mol. The van der Waals surface area contributed by atoms with Crippen LogP contribution in [0.5, 0.6) is 0 Å². The van der Waals surface area contributed by atoms with Crippen molar-refractivity contribution < 1.29 is 9.53 Å². The molecule has 2 rings (SSSR count). The van der Waals surface area contributed by atoms with E-state index in [-0.39, 0.29) is 11.5 Å². The van der Waals surface area contributed by atoms with Crippen molar-refractivity contribution in [3.05, 3.63) is 11.1 Å². The highest BCUT2D eigenvalue weighted by Gasteiger charge is 2.27. The van der Waals surface area contributed by atoms with Gasteiger partial charge < -0.3 is 15.0 Å². The van der Waals surface area contributed by atoms with Crippen LogP contribution in [-0.2, 0) is 4.74 Å². The van der Waals surface area contributed by atoms with E-state index < -0.39 is 0 Å². The number of rotatable bonds is 2. The van der Waals surface area contributed by atoms with Crippen molar-refractivity contribution >= 4 is 22.4 Å². The lowest BCUT2D eigenvalue weighted by Crippen LogP contribution is -2.57. The van der Waals surface area contributed by atoms with Crippen LogP contribution in [0.1, 0.15) is 24.3 Å². The average Bonchev–Trinajstić information content (AvgIpc) is 2.76. The summed E-state index contributed by atoms with van der Waals surface area (Å²) >= 11 is 1.49. The summed E-state index contributed by atoms with van der Waals surface area (Å²) in [5.41, 5.74) is 0.471. The molecule has 0 saturated carbocycles. The molecule has 1 N–H and O–H groups in total. The van der Waals surface area contributed by atoms with Crippen molar-refractivity contribution in [2.75, 3.05) is 31.6 Å². The SMILES string of the molecule is COC(=O)c1csc(N2CCNC(C)(C)C2)n1. The third-order valence-electron chi connectivity index (χ3n) is 2.73. The van der Waals surface area contributed by atoms with Gasteiger partial charge in [-0.1, -0.05) is 0 Å². The number of carbonyl (C=O) groups excluding carboxylic acids is 1. The molecule has 0 bridgehead atoms. The van der Waals surface area contributed by atoms with Gasteiger partial charge in [-0.05, 0) is 13.8 Å². The summed E-state index contributed by atoms with van der Waals surface area (Å²) < 4.78 is 4.65. The highest BCUT2D eigenvalue weighted by Crippen LogP contribution is 2.24. The molecule has 0 spiro atoms. The lowest BCUT2D eigenvalue weighted by molar-refractivity contribution is 0.0595. The van der Waals surface area contributed by atoms with Gasteiger partial charge in [-0.25, -0.2) is 9.78 Å². The molecule has 1 saturated heterocycles. The summed E-state index contributed by atoms with van der Waals surface area (Å²) in [5, 5.41) is 6.08. The molecule has 94 valence electrons. The van der Waals surface area contributed by atoms with E-state index in [4.69, 9.17) is 0 Å². The highest BCUT2D eigenvalue weighted by molar-refractivity contribution is 7.13. The molecule has 0 amide bonds. The van der Waals surface area contributed by atoms with E-state index in [2.05, 4.69) is 33.8 Å². The minimum absolute atomic E-state index is 0.0787. The largest absolute Gasteiger partial charge is 0.464 e. The minimum atomic E-state index is -0.373. The van der Waals surface area contributed by atoms with E-state index in [0.29, 0.717) is 5.69 Å². The predicted molar refractivity (Wildman–Crippen MR) is 67.7 cm³/mol. The number of nitrogens with one attached hydrogen (secondary N) is 1. The van der Waals surface area contributed by atoms with Crippen LogP contribution < -0.4 is 10.2 Å². The number of ether oxygens (including phenoxy) is 1. The fraction of sp³-hybridized carbons (Fsp3) is 0.636. The van der Waals surface area contributed by atoms with E-state index >= 15 is 0 Å². The number of carbonyl (C=O) groups is 1. The fourth-order valence-electron chi connectivity index (χ4n) is 1.91. The molecule has 1 aliphatic heterocycles. The second-order valence-electron chi connectivity index (χ2n) is 4.74. The Labute approximate surface area is 105 Å². The van der Waals surface area contributed by atoms with Gasteiger partial charge >= 0.3 is 5.97 Å². The van der Waals surface area contributed by atoms with Gasteiger partial charge in [-0.3, -0.25) is 0 Å². The Kier molecular flexibility index (Phi) is 3.35. The first-order valence-corrected chi connectivity index (χ1v) is 6.44. The first-order valence-electron chi connectivity index (χ1n) is 5.56. The molecule has 1 aromatic rings. The molecule has 0 aromatic carbocycles. The number of esters is 1. The lowest BCUT2D eigenvalue weighted by atomic mass is 10.0. The monoisotopic (exact) mass is 255 g/mol. The van der Waals surface area contributed by atoms with Crippen molar-refractivity contribution in [2.24, 2.45) is 0 Å². The van der Waals surface area contributed by atoms with Crippen molar-refractivity contribution in [3.63, 3.8) is 0 Å². The van der Waals surface area contributed by atoms with Crippen molar-refractivity contribution in [3.8, 4) is 0 Å². The molecule has 6 heteroatoms. The Hall–Kier alpha value is -1.14. The van der Waals surface area contributed by atoms with E-state index in [1.54, 1.807) is 5.38 Å². The minimum Gasteiger partial charge on any atom is -0.464 e. The Morgan fingerprint density at radius 2 is 2.41 bits per heavy atom. The van der Waals surface area contributed by atoms with Gasteiger partial charge in [0, 0.05) is 30.6 Å². The number of hydrogen-bond donors (Lipinski definition) is 1. The first-order chi connectivity index (χ1) is 8.02. The molecule has 0 unspecified atom stereocenters.